The molecule has 2 aliphatic rings. The van der Waals surface area contributed by atoms with Gasteiger partial charge in [-0.2, -0.15) is 5.10 Å². The molecule has 1 aromatic heterocycles. The number of carbonyl (C=O) groups is 1. The molecule has 0 aliphatic carbocycles. The zero-order valence-corrected chi connectivity index (χ0v) is 14.4. The average molecular weight is 340 g/mol. The lowest BCUT2D eigenvalue weighted by Gasteiger charge is -2.23. The lowest BCUT2D eigenvalue weighted by Crippen LogP contribution is -2.35. The topological polar surface area (TPSA) is 61.5 Å². The molecule has 1 N–H and O–H groups in total. The summed E-state index contributed by atoms with van der Waals surface area (Å²) in [6.07, 6.45) is 4.79. The van der Waals surface area contributed by atoms with Crippen molar-refractivity contribution in [2.45, 2.75) is 25.8 Å². The molecule has 1 aromatic carbocycles. The maximum absolute atomic E-state index is 12.9. The monoisotopic (exact) mass is 340 g/mol. The number of fused-ring (bicyclic) bond motifs is 1. The highest BCUT2D eigenvalue weighted by atomic mass is 16.5. The second-order valence-electron chi connectivity index (χ2n) is 6.78. The van der Waals surface area contributed by atoms with E-state index in [4.69, 9.17) is 4.74 Å². The van der Waals surface area contributed by atoms with Crippen molar-refractivity contribution in [3.05, 3.63) is 47.3 Å². The van der Waals surface area contributed by atoms with Gasteiger partial charge in [0.05, 0.1) is 6.61 Å². The Labute approximate surface area is 147 Å². The van der Waals surface area contributed by atoms with Crippen molar-refractivity contribution in [1.29, 1.82) is 0 Å². The summed E-state index contributed by atoms with van der Waals surface area (Å²) >= 11 is 0. The predicted molar refractivity (Wildman–Crippen MR) is 94.6 cm³/mol. The summed E-state index contributed by atoms with van der Waals surface area (Å²) in [5.41, 5.74) is 3.06. The molecule has 0 bridgehead atoms. The van der Waals surface area contributed by atoms with E-state index in [-0.39, 0.29) is 5.91 Å². The number of nitrogens with zero attached hydrogens (tertiary/aromatic N) is 3. The summed E-state index contributed by atoms with van der Waals surface area (Å²) in [6.45, 7) is 5.10. The van der Waals surface area contributed by atoms with Crippen LogP contribution in [0.1, 0.15) is 34.5 Å². The molecule has 0 unspecified atom stereocenters. The second kappa shape index (κ2) is 7.27. The molecule has 132 valence electrons. The number of carbonyl (C=O) groups excluding carboxylic acids is 1. The number of benzene rings is 1. The summed E-state index contributed by atoms with van der Waals surface area (Å²) in [6, 6.07) is 7.87. The molecule has 6 nitrogen and oxygen atoms in total. The first-order valence-electron chi connectivity index (χ1n) is 9.05. The van der Waals surface area contributed by atoms with Gasteiger partial charge in [-0.3, -0.25) is 14.8 Å². The summed E-state index contributed by atoms with van der Waals surface area (Å²) in [7, 11) is 0. The van der Waals surface area contributed by atoms with E-state index < -0.39 is 0 Å². The fraction of sp³-hybridized carbons (Fsp3) is 0.474. The third-order valence-corrected chi connectivity index (χ3v) is 4.98. The quantitative estimate of drug-likeness (QED) is 0.929. The minimum Gasteiger partial charge on any atom is -0.493 e. The van der Waals surface area contributed by atoms with Crippen molar-refractivity contribution in [1.82, 2.24) is 20.0 Å². The van der Waals surface area contributed by atoms with Crippen molar-refractivity contribution in [2.24, 2.45) is 0 Å². The molecule has 0 atom stereocenters. The third-order valence-electron chi connectivity index (χ3n) is 4.98. The Morgan fingerprint density at radius 3 is 3.00 bits per heavy atom. The molecule has 1 fully saturated rings. The normalized spacial score (nSPS) is 18.3. The maximum atomic E-state index is 12.9. The standard InChI is InChI=1S/C19H24N4O2/c24-19(16-4-5-18-15(13-16)3-1-12-25-18)23-9-2-8-22(10-11-23)14-17-6-7-20-21-17/h4-7,13H,1-3,8-12,14H2,(H,20,21). The fourth-order valence-electron chi connectivity index (χ4n) is 3.62. The first kappa shape index (κ1) is 16.1. The number of amides is 1. The minimum atomic E-state index is 0.136. The van der Waals surface area contributed by atoms with E-state index in [1.54, 1.807) is 6.20 Å². The van der Waals surface area contributed by atoms with Crippen LogP contribution in [0.2, 0.25) is 0 Å². The molecule has 0 saturated carbocycles. The number of nitrogens with one attached hydrogen (secondary N) is 1. The van der Waals surface area contributed by atoms with Crippen LogP contribution in [0.25, 0.3) is 0 Å². The van der Waals surface area contributed by atoms with Crippen molar-refractivity contribution in [3.8, 4) is 5.75 Å². The molecule has 1 amide bonds. The Balaban J connectivity index is 1.40. The summed E-state index contributed by atoms with van der Waals surface area (Å²) in [5.74, 6) is 1.07. The first-order valence-corrected chi connectivity index (χ1v) is 9.05. The highest BCUT2D eigenvalue weighted by molar-refractivity contribution is 5.94. The predicted octanol–water partition coefficient (Wildman–Crippen LogP) is 2.08. The summed E-state index contributed by atoms with van der Waals surface area (Å²) < 4.78 is 5.65. The van der Waals surface area contributed by atoms with Gasteiger partial charge >= 0.3 is 0 Å². The van der Waals surface area contributed by atoms with E-state index in [0.717, 1.165) is 81.2 Å². The van der Waals surface area contributed by atoms with Crippen molar-refractivity contribution < 1.29 is 9.53 Å². The number of rotatable bonds is 3. The molecule has 0 spiro atoms. The van der Waals surface area contributed by atoms with Crippen LogP contribution in [0.3, 0.4) is 0 Å². The van der Waals surface area contributed by atoms with E-state index in [0.29, 0.717) is 0 Å². The Bertz CT molecular complexity index is 729. The van der Waals surface area contributed by atoms with E-state index in [1.807, 2.05) is 29.2 Å². The Morgan fingerprint density at radius 1 is 1.16 bits per heavy atom. The summed E-state index contributed by atoms with van der Waals surface area (Å²) in [4.78, 5) is 17.3. The van der Waals surface area contributed by atoms with Crippen molar-refractivity contribution in [3.63, 3.8) is 0 Å². The van der Waals surface area contributed by atoms with E-state index >= 15 is 0 Å². The smallest absolute Gasteiger partial charge is 0.253 e. The van der Waals surface area contributed by atoms with Gasteiger partial charge in [0, 0.05) is 50.2 Å². The molecule has 0 radical (unpaired) electrons. The lowest BCUT2D eigenvalue weighted by molar-refractivity contribution is 0.0761. The molecular formula is C19H24N4O2. The maximum Gasteiger partial charge on any atom is 0.253 e. The number of aromatic amines is 1. The van der Waals surface area contributed by atoms with E-state index in [2.05, 4.69) is 15.1 Å². The van der Waals surface area contributed by atoms with Gasteiger partial charge in [0.15, 0.2) is 0 Å². The number of aromatic nitrogens is 2. The molecule has 1 saturated heterocycles. The molecule has 25 heavy (non-hydrogen) atoms. The first-order chi connectivity index (χ1) is 12.3. The zero-order valence-electron chi connectivity index (χ0n) is 14.4. The number of ether oxygens (including phenoxy) is 1. The average Bonchev–Trinajstić information content (AvgIpc) is 3.05. The molecule has 2 aliphatic heterocycles. The van der Waals surface area contributed by atoms with Gasteiger partial charge in [-0.05, 0) is 49.1 Å². The second-order valence-corrected chi connectivity index (χ2v) is 6.78. The van der Waals surface area contributed by atoms with Crippen LogP contribution in [0.5, 0.6) is 5.75 Å². The van der Waals surface area contributed by atoms with Crippen LogP contribution >= 0.6 is 0 Å². The van der Waals surface area contributed by atoms with Crippen molar-refractivity contribution in [2.75, 3.05) is 32.8 Å². The molecule has 6 heteroatoms. The van der Waals surface area contributed by atoms with Gasteiger partial charge in [-0.1, -0.05) is 0 Å². The van der Waals surface area contributed by atoms with Crippen LogP contribution in [0, 0.1) is 0 Å². The third kappa shape index (κ3) is 3.69. The molecule has 2 aromatic rings. The molecule has 4 rings (SSSR count). The SMILES string of the molecule is O=C(c1ccc2c(c1)CCCO2)N1CCCN(Cc2ccn[nH]2)CC1. The van der Waals surface area contributed by atoms with Gasteiger partial charge in [-0.15, -0.1) is 0 Å². The van der Waals surface area contributed by atoms with Crippen LogP contribution in [0.15, 0.2) is 30.5 Å². The van der Waals surface area contributed by atoms with E-state index in [9.17, 15) is 4.79 Å². The Morgan fingerprint density at radius 2 is 2.12 bits per heavy atom. The van der Waals surface area contributed by atoms with Gasteiger partial charge in [0.25, 0.3) is 5.91 Å². The van der Waals surface area contributed by atoms with E-state index in [1.165, 1.54) is 0 Å². The molecular weight excluding hydrogens is 316 g/mol. The Hall–Kier alpha value is -2.34. The van der Waals surface area contributed by atoms with Gasteiger partial charge in [0.2, 0.25) is 0 Å². The Kier molecular flexibility index (Phi) is 4.70. The highest BCUT2D eigenvalue weighted by Crippen LogP contribution is 2.26. The minimum absolute atomic E-state index is 0.136. The van der Waals surface area contributed by atoms with Crippen molar-refractivity contribution >= 4 is 5.91 Å². The van der Waals surface area contributed by atoms with Crippen LogP contribution in [-0.2, 0) is 13.0 Å². The van der Waals surface area contributed by atoms with Gasteiger partial charge in [-0.25, -0.2) is 0 Å². The van der Waals surface area contributed by atoms with Crippen LogP contribution in [0.4, 0.5) is 0 Å². The van der Waals surface area contributed by atoms with Gasteiger partial charge in [0.1, 0.15) is 5.75 Å². The van der Waals surface area contributed by atoms with Crippen LogP contribution < -0.4 is 4.74 Å². The fourth-order valence-corrected chi connectivity index (χ4v) is 3.62. The number of hydrogen-bond donors (Lipinski definition) is 1. The van der Waals surface area contributed by atoms with Gasteiger partial charge < -0.3 is 9.64 Å². The number of aryl methyl sites for hydroxylation is 1. The highest BCUT2D eigenvalue weighted by Gasteiger charge is 2.22. The number of hydrogen-bond acceptors (Lipinski definition) is 4. The lowest BCUT2D eigenvalue weighted by atomic mass is 10.0. The summed E-state index contributed by atoms with van der Waals surface area (Å²) in [5, 5.41) is 7.01. The number of H-pyrrole nitrogens is 1. The zero-order chi connectivity index (χ0) is 17.1. The molecule has 3 heterocycles. The largest absolute Gasteiger partial charge is 0.493 e. The van der Waals surface area contributed by atoms with Crippen LogP contribution in [-0.4, -0.2) is 58.7 Å².